The molecule has 1 aromatic carbocycles. The van der Waals surface area contributed by atoms with E-state index in [4.69, 9.17) is 0 Å². The summed E-state index contributed by atoms with van der Waals surface area (Å²) in [4.78, 5) is 25.7. The molecule has 118 valence electrons. The molecule has 1 saturated carbocycles. The van der Waals surface area contributed by atoms with Gasteiger partial charge in [-0.15, -0.1) is 0 Å². The van der Waals surface area contributed by atoms with Crippen molar-refractivity contribution < 1.29 is 18.7 Å². The standard InChI is InChI=1S/C17H20FNO3/c1-22-17(21)14-6-2-5-13(15(14)18)12-4-3-9-19(10-12)16(20)11-7-8-11/h2,5-6,11-12H,3-4,7-10H2,1H3/t12-/m1/s1. The maximum Gasteiger partial charge on any atom is 0.340 e. The lowest BCUT2D eigenvalue weighted by Crippen LogP contribution is -2.40. The molecule has 0 unspecified atom stereocenters. The summed E-state index contributed by atoms with van der Waals surface area (Å²) in [6, 6.07) is 4.81. The van der Waals surface area contributed by atoms with Gasteiger partial charge in [-0.2, -0.15) is 0 Å². The maximum atomic E-state index is 14.6. The normalized spacial score (nSPS) is 21.5. The van der Waals surface area contributed by atoms with E-state index in [1.807, 2.05) is 4.90 Å². The maximum absolute atomic E-state index is 14.6. The number of nitrogens with zero attached hydrogens (tertiary/aromatic N) is 1. The highest BCUT2D eigenvalue weighted by atomic mass is 19.1. The summed E-state index contributed by atoms with van der Waals surface area (Å²) >= 11 is 0. The van der Waals surface area contributed by atoms with E-state index >= 15 is 0 Å². The van der Waals surface area contributed by atoms with Crippen molar-refractivity contribution in [2.75, 3.05) is 20.2 Å². The Labute approximate surface area is 129 Å². The van der Waals surface area contributed by atoms with Crippen LogP contribution in [-0.2, 0) is 9.53 Å². The Morgan fingerprint density at radius 3 is 2.73 bits per heavy atom. The van der Waals surface area contributed by atoms with E-state index < -0.39 is 11.8 Å². The summed E-state index contributed by atoms with van der Waals surface area (Å²) in [7, 11) is 1.24. The zero-order valence-electron chi connectivity index (χ0n) is 12.7. The van der Waals surface area contributed by atoms with E-state index in [-0.39, 0.29) is 23.3 Å². The number of likely N-dealkylation sites (tertiary alicyclic amines) is 1. The summed E-state index contributed by atoms with van der Waals surface area (Å²) in [5.41, 5.74) is 0.474. The number of benzene rings is 1. The number of amides is 1. The van der Waals surface area contributed by atoms with Crippen molar-refractivity contribution in [3.63, 3.8) is 0 Å². The topological polar surface area (TPSA) is 46.6 Å². The minimum Gasteiger partial charge on any atom is -0.465 e. The molecule has 1 atom stereocenters. The SMILES string of the molecule is COC(=O)c1cccc([C@@H]2CCCN(C(=O)C3CC3)C2)c1F. The van der Waals surface area contributed by atoms with Gasteiger partial charge >= 0.3 is 5.97 Å². The van der Waals surface area contributed by atoms with E-state index in [1.165, 1.54) is 13.2 Å². The van der Waals surface area contributed by atoms with Crippen LogP contribution in [0.4, 0.5) is 4.39 Å². The largest absolute Gasteiger partial charge is 0.465 e. The highest BCUT2D eigenvalue weighted by Crippen LogP contribution is 2.35. The van der Waals surface area contributed by atoms with Crippen molar-refractivity contribution in [3.05, 3.63) is 35.1 Å². The molecule has 1 aliphatic heterocycles. The second-order valence-corrected chi connectivity index (χ2v) is 6.10. The number of carbonyl (C=O) groups excluding carboxylic acids is 2. The molecule has 1 saturated heterocycles. The average molecular weight is 305 g/mol. The fourth-order valence-corrected chi connectivity index (χ4v) is 3.15. The Hall–Kier alpha value is -1.91. The Bertz CT molecular complexity index is 598. The first-order valence-electron chi connectivity index (χ1n) is 7.77. The Kier molecular flexibility index (Phi) is 4.14. The van der Waals surface area contributed by atoms with Gasteiger partial charge in [0, 0.05) is 24.9 Å². The van der Waals surface area contributed by atoms with E-state index in [0.717, 1.165) is 32.2 Å². The van der Waals surface area contributed by atoms with Crippen LogP contribution in [0.15, 0.2) is 18.2 Å². The number of ether oxygens (including phenoxy) is 1. The Morgan fingerprint density at radius 2 is 2.05 bits per heavy atom. The van der Waals surface area contributed by atoms with E-state index in [0.29, 0.717) is 12.1 Å². The lowest BCUT2D eigenvalue weighted by molar-refractivity contribution is -0.133. The van der Waals surface area contributed by atoms with Gasteiger partial charge in [0.05, 0.1) is 12.7 Å². The van der Waals surface area contributed by atoms with Crippen LogP contribution < -0.4 is 0 Å². The average Bonchev–Trinajstić information content (AvgIpc) is 3.38. The van der Waals surface area contributed by atoms with Gasteiger partial charge in [0.1, 0.15) is 5.82 Å². The monoisotopic (exact) mass is 305 g/mol. The smallest absolute Gasteiger partial charge is 0.340 e. The van der Waals surface area contributed by atoms with Crippen molar-refractivity contribution in [3.8, 4) is 0 Å². The molecule has 0 spiro atoms. The molecule has 5 heteroatoms. The van der Waals surface area contributed by atoms with E-state index in [1.54, 1.807) is 12.1 Å². The lowest BCUT2D eigenvalue weighted by atomic mass is 9.89. The summed E-state index contributed by atoms with van der Waals surface area (Å²) in [6.07, 6.45) is 3.65. The van der Waals surface area contributed by atoms with Gasteiger partial charge < -0.3 is 9.64 Å². The van der Waals surface area contributed by atoms with Gasteiger partial charge in [-0.05, 0) is 37.3 Å². The fourth-order valence-electron chi connectivity index (χ4n) is 3.15. The zero-order chi connectivity index (χ0) is 15.7. The molecule has 2 aliphatic rings. The molecular weight excluding hydrogens is 285 g/mol. The van der Waals surface area contributed by atoms with Gasteiger partial charge in [-0.3, -0.25) is 4.79 Å². The molecule has 0 radical (unpaired) electrons. The molecule has 1 aliphatic carbocycles. The van der Waals surface area contributed by atoms with Gasteiger partial charge in [0.15, 0.2) is 0 Å². The number of piperidine rings is 1. The number of esters is 1. The first kappa shape index (κ1) is 15.0. The summed E-state index contributed by atoms with van der Waals surface area (Å²) in [5, 5.41) is 0. The second kappa shape index (κ2) is 6.07. The van der Waals surface area contributed by atoms with Crippen LogP contribution >= 0.6 is 0 Å². The van der Waals surface area contributed by atoms with Crippen molar-refractivity contribution in [2.24, 2.45) is 5.92 Å². The van der Waals surface area contributed by atoms with Crippen molar-refractivity contribution in [1.29, 1.82) is 0 Å². The predicted molar refractivity (Wildman–Crippen MR) is 79.0 cm³/mol. The minimum atomic E-state index is -0.666. The highest BCUT2D eigenvalue weighted by Gasteiger charge is 2.36. The van der Waals surface area contributed by atoms with Crippen molar-refractivity contribution >= 4 is 11.9 Å². The quantitative estimate of drug-likeness (QED) is 0.807. The Morgan fingerprint density at radius 1 is 1.27 bits per heavy atom. The lowest BCUT2D eigenvalue weighted by Gasteiger charge is -2.33. The summed E-state index contributed by atoms with van der Waals surface area (Å²) < 4.78 is 19.2. The van der Waals surface area contributed by atoms with Crippen LogP contribution in [0.25, 0.3) is 0 Å². The third-order valence-electron chi connectivity index (χ3n) is 4.53. The zero-order valence-corrected chi connectivity index (χ0v) is 12.7. The molecule has 2 fully saturated rings. The van der Waals surface area contributed by atoms with Crippen LogP contribution in [0, 0.1) is 11.7 Å². The molecule has 0 N–H and O–H groups in total. The summed E-state index contributed by atoms with van der Waals surface area (Å²) in [6.45, 7) is 1.29. The number of hydrogen-bond acceptors (Lipinski definition) is 3. The summed E-state index contributed by atoms with van der Waals surface area (Å²) in [5.74, 6) is -0.846. The van der Waals surface area contributed by atoms with Crippen molar-refractivity contribution in [2.45, 2.75) is 31.6 Å². The van der Waals surface area contributed by atoms with Crippen LogP contribution in [0.5, 0.6) is 0 Å². The molecule has 0 aromatic heterocycles. The number of methoxy groups -OCH3 is 1. The highest BCUT2D eigenvalue weighted by molar-refractivity contribution is 5.89. The number of carbonyl (C=O) groups is 2. The number of rotatable bonds is 3. The third-order valence-corrected chi connectivity index (χ3v) is 4.53. The van der Waals surface area contributed by atoms with Crippen LogP contribution in [-0.4, -0.2) is 37.0 Å². The number of halogens is 1. The Balaban J connectivity index is 1.81. The molecule has 1 aromatic rings. The van der Waals surface area contributed by atoms with Crippen LogP contribution in [0.1, 0.15) is 47.5 Å². The van der Waals surface area contributed by atoms with Crippen molar-refractivity contribution in [1.82, 2.24) is 4.90 Å². The van der Waals surface area contributed by atoms with Crippen LogP contribution in [0.3, 0.4) is 0 Å². The first-order valence-corrected chi connectivity index (χ1v) is 7.77. The van der Waals surface area contributed by atoms with Gasteiger partial charge in [0.2, 0.25) is 5.91 Å². The molecule has 1 heterocycles. The molecule has 0 bridgehead atoms. The predicted octanol–water partition coefficient (Wildman–Crippen LogP) is 2.73. The number of hydrogen-bond donors (Lipinski definition) is 0. The third kappa shape index (κ3) is 2.85. The molecule has 4 nitrogen and oxygen atoms in total. The van der Waals surface area contributed by atoms with Gasteiger partial charge in [0.25, 0.3) is 0 Å². The molecule has 22 heavy (non-hydrogen) atoms. The fraction of sp³-hybridized carbons (Fsp3) is 0.529. The molecule has 1 amide bonds. The second-order valence-electron chi connectivity index (χ2n) is 6.10. The van der Waals surface area contributed by atoms with E-state index in [9.17, 15) is 14.0 Å². The van der Waals surface area contributed by atoms with Gasteiger partial charge in [-0.1, -0.05) is 12.1 Å². The molecular formula is C17H20FNO3. The van der Waals surface area contributed by atoms with E-state index in [2.05, 4.69) is 4.74 Å². The van der Waals surface area contributed by atoms with Gasteiger partial charge in [-0.25, -0.2) is 9.18 Å². The molecule has 3 rings (SSSR count). The van der Waals surface area contributed by atoms with Crippen LogP contribution in [0.2, 0.25) is 0 Å². The minimum absolute atomic E-state index is 0.0364. The first-order chi connectivity index (χ1) is 10.6.